The van der Waals surface area contributed by atoms with Crippen LogP contribution in [0.2, 0.25) is 0 Å². The predicted molar refractivity (Wildman–Crippen MR) is 124 cm³/mol. The number of aliphatic imine (C=N–C) groups is 1. The zero-order valence-electron chi connectivity index (χ0n) is 17.1. The van der Waals surface area contributed by atoms with Gasteiger partial charge in [0.25, 0.3) is 0 Å². The molecule has 0 aliphatic carbocycles. The van der Waals surface area contributed by atoms with Crippen LogP contribution in [0, 0.1) is 5.92 Å². The van der Waals surface area contributed by atoms with Gasteiger partial charge in [0.1, 0.15) is 0 Å². The molecule has 1 atom stereocenters. The molecule has 1 fully saturated rings. The van der Waals surface area contributed by atoms with Crippen LogP contribution in [0.3, 0.4) is 0 Å². The first-order valence-corrected chi connectivity index (χ1v) is 9.74. The van der Waals surface area contributed by atoms with Crippen molar-refractivity contribution in [1.82, 2.24) is 15.5 Å². The molecule has 7 nitrogen and oxygen atoms in total. The first-order chi connectivity index (χ1) is 13.0. The summed E-state index contributed by atoms with van der Waals surface area (Å²) >= 11 is 0. The Morgan fingerprint density at radius 2 is 2.00 bits per heavy atom. The number of nitrogens with one attached hydrogen (secondary N) is 2. The van der Waals surface area contributed by atoms with Gasteiger partial charge in [0.15, 0.2) is 5.96 Å². The SMILES string of the molecule is CCNC(=NCc1cccc(C(N)=O)c1)NCC(C(C)C)N1CCOCC1.I. The summed E-state index contributed by atoms with van der Waals surface area (Å²) in [5.74, 6) is 0.891. The number of morpholine rings is 1. The molecule has 1 unspecified atom stereocenters. The minimum absolute atomic E-state index is 0. The molecule has 2 rings (SSSR count). The maximum Gasteiger partial charge on any atom is 0.248 e. The van der Waals surface area contributed by atoms with Crippen molar-refractivity contribution in [1.29, 1.82) is 0 Å². The molecule has 1 amide bonds. The van der Waals surface area contributed by atoms with Gasteiger partial charge in [-0.05, 0) is 30.5 Å². The van der Waals surface area contributed by atoms with Crippen molar-refractivity contribution >= 4 is 35.8 Å². The molecule has 1 heterocycles. The Labute approximate surface area is 185 Å². The van der Waals surface area contributed by atoms with Crippen LogP contribution in [0.15, 0.2) is 29.3 Å². The lowest BCUT2D eigenvalue weighted by molar-refractivity contribution is 0.00752. The van der Waals surface area contributed by atoms with Crippen LogP contribution in [0.25, 0.3) is 0 Å². The van der Waals surface area contributed by atoms with Crippen molar-refractivity contribution in [2.24, 2.45) is 16.6 Å². The van der Waals surface area contributed by atoms with Gasteiger partial charge in [0.2, 0.25) is 5.91 Å². The van der Waals surface area contributed by atoms with Gasteiger partial charge in [-0.2, -0.15) is 0 Å². The zero-order valence-corrected chi connectivity index (χ0v) is 19.4. The lowest BCUT2D eigenvalue weighted by atomic mass is 10.0. The van der Waals surface area contributed by atoms with E-state index >= 15 is 0 Å². The molecular formula is C20H34IN5O2. The second-order valence-corrected chi connectivity index (χ2v) is 7.10. The Kier molecular flexibility index (Phi) is 11.4. The van der Waals surface area contributed by atoms with Gasteiger partial charge in [0.05, 0.1) is 19.8 Å². The lowest BCUT2D eigenvalue weighted by Gasteiger charge is -2.37. The molecule has 4 N–H and O–H groups in total. The second-order valence-electron chi connectivity index (χ2n) is 7.10. The van der Waals surface area contributed by atoms with Crippen LogP contribution in [0.1, 0.15) is 36.7 Å². The molecule has 0 saturated carbocycles. The number of rotatable bonds is 8. The fourth-order valence-electron chi connectivity index (χ4n) is 3.23. The van der Waals surface area contributed by atoms with Gasteiger partial charge in [-0.15, -0.1) is 24.0 Å². The van der Waals surface area contributed by atoms with E-state index in [2.05, 4.69) is 34.4 Å². The average molecular weight is 503 g/mol. The Bertz CT molecular complexity index is 633. The number of guanidine groups is 1. The summed E-state index contributed by atoms with van der Waals surface area (Å²) in [6.07, 6.45) is 0. The largest absolute Gasteiger partial charge is 0.379 e. The number of carbonyl (C=O) groups is 1. The summed E-state index contributed by atoms with van der Waals surface area (Å²) < 4.78 is 5.48. The molecule has 28 heavy (non-hydrogen) atoms. The number of carbonyl (C=O) groups excluding carboxylic acids is 1. The molecule has 1 aliphatic heterocycles. The summed E-state index contributed by atoms with van der Waals surface area (Å²) in [7, 11) is 0. The smallest absolute Gasteiger partial charge is 0.248 e. The molecule has 0 bridgehead atoms. The fourth-order valence-corrected chi connectivity index (χ4v) is 3.23. The van der Waals surface area contributed by atoms with E-state index in [1.807, 2.05) is 19.1 Å². The molecule has 8 heteroatoms. The van der Waals surface area contributed by atoms with Crippen molar-refractivity contribution in [3.05, 3.63) is 35.4 Å². The number of amides is 1. The fraction of sp³-hybridized carbons (Fsp3) is 0.600. The topological polar surface area (TPSA) is 92.0 Å². The average Bonchev–Trinajstić information content (AvgIpc) is 2.67. The molecule has 0 radical (unpaired) electrons. The number of primary amides is 1. The van der Waals surface area contributed by atoms with Crippen LogP contribution >= 0.6 is 24.0 Å². The van der Waals surface area contributed by atoms with E-state index in [9.17, 15) is 4.79 Å². The minimum atomic E-state index is -0.420. The summed E-state index contributed by atoms with van der Waals surface area (Å²) in [5.41, 5.74) is 6.82. The van der Waals surface area contributed by atoms with E-state index in [0.29, 0.717) is 24.1 Å². The third kappa shape index (κ3) is 7.92. The van der Waals surface area contributed by atoms with Crippen LogP contribution in [0.4, 0.5) is 0 Å². The number of ether oxygens (including phenoxy) is 1. The van der Waals surface area contributed by atoms with E-state index < -0.39 is 5.91 Å². The highest BCUT2D eigenvalue weighted by Crippen LogP contribution is 2.12. The maximum atomic E-state index is 11.3. The number of nitrogens with zero attached hydrogens (tertiary/aromatic N) is 2. The van der Waals surface area contributed by atoms with Crippen LogP contribution in [-0.4, -0.2) is 62.2 Å². The standard InChI is InChI=1S/C20H33N5O2.HI/c1-4-22-20(23-13-16-6-5-7-17(12-16)19(21)26)24-14-18(15(2)3)25-8-10-27-11-9-25;/h5-7,12,15,18H,4,8-11,13-14H2,1-3H3,(H2,21,26)(H2,22,23,24);1H. The van der Waals surface area contributed by atoms with Crippen molar-refractivity contribution in [3.8, 4) is 0 Å². The van der Waals surface area contributed by atoms with Crippen molar-refractivity contribution in [2.45, 2.75) is 33.4 Å². The van der Waals surface area contributed by atoms with Gasteiger partial charge < -0.3 is 21.1 Å². The normalized spacial score (nSPS) is 16.4. The second kappa shape index (κ2) is 12.9. The van der Waals surface area contributed by atoms with Crippen molar-refractivity contribution in [2.75, 3.05) is 39.4 Å². The first-order valence-electron chi connectivity index (χ1n) is 9.74. The number of nitrogens with two attached hydrogens (primary N) is 1. The zero-order chi connectivity index (χ0) is 19.6. The molecule has 0 spiro atoms. The molecule has 1 saturated heterocycles. The molecule has 1 aromatic rings. The molecular weight excluding hydrogens is 469 g/mol. The molecule has 0 aromatic heterocycles. The van der Waals surface area contributed by atoms with E-state index in [0.717, 1.165) is 50.9 Å². The highest BCUT2D eigenvalue weighted by molar-refractivity contribution is 14.0. The quantitative estimate of drug-likeness (QED) is 0.286. The summed E-state index contributed by atoms with van der Waals surface area (Å²) in [4.78, 5) is 18.5. The van der Waals surface area contributed by atoms with E-state index in [-0.39, 0.29) is 24.0 Å². The van der Waals surface area contributed by atoms with Crippen LogP contribution < -0.4 is 16.4 Å². The highest BCUT2D eigenvalue weighted by atomic mass is 127. The van der Waals surface area contributed by atoms with Crippen molar-refractivity contribution in [3.63, 3.8) is 0 Å². The Morgan fingerprint density at radius 1 is 1.29 bits per heavy atom. The van der Waals surface area contributed by atoms with Crippen molar-refractivity contribution < 1.29 is 9.53 Å². The highest BCUT2D eigenvalue weighted by Gasteiger charge is 2.23. The first kappa shape index (κ1) is 24.6. The van der Waals surface area contributed by atoms with Crippen LogP contribution in [-0.2, 0) is 11.3 Å². The number of hydrogen-bond acceptors (Lipinski definition) is 4. The number of hydrogen-bond donors (Lipinski definition) is 3. The molecule has 1 aromatic carbocycles. The Balaban J connectivity index is 0.00000392. The number of halogens is 1. The van der Waals surface area contributed by atoms with E-state index in [1.54, 1.807) is 12.1 Å². The third-order valence-electron chi connectivity index (χ3n) is 4.74. The van der Waals surface area contributed by atoms with Crippen LogP contribution in [0.5, 0.6) is 0 Å². The maximum absolute atomic E-state index is 11.3. The van der Waals surface area contributed by atoms with Gasteiger partial charge in [-0.25, -0.2) is 4.99 Å². The molecule has 158 valence electrons. The van der Waals surface area contributed by atoms with E-state index in [1.165, 1.54) is 0 Å². The minimum Gasteiger partial charge on any atom is -0.379 e. The predicted octanol–water partition coefficient (Wildman–Crippen LogP) is 1.82. The number of benzene rings is 1. The van der Waals surface area contributed by atoms with Gasteiger partial charge >= 0.3 is 0 Å². The van der Waals surface area contributed by atoms with E-state index in [4.69, 9.17) is 10.5 Å². The van der Waals surface area contributed by atoms with Gasteiger partial charge in [0, 0.05) is 37.8 Å². The third-order valence-corrected chi connectivity index (χ3v) is 4.74. The summed E-state index contributed by atoms with van der Waals surface area (Å²) in [5, 5.41) is 6.76. The Hall–Kier alpha value is -1.39. The summed E-state index contributed by atoms with van der Waals surface area (Å²) in [6, 6.07) is 7.72. The summed E-state index contributed by atoms with van der Waals surface area (Å²) in [6.45, 7) is 12.2. The van der Waals surface area contributed by atoms with Gasteiger partial charge in [-0.3, -0.25) is 9.69 Å². The van der Waals surface area contributed by atoms with Gasteiger partial charge in [-0.1, -0.05) is 26.0 Å². The molecule has 1 aliphatic rings. The Morgan fingerprint density at radius 3 is 2.61 bits per heavy atom. The monoisotopic (exact) mass is 503 g/mol. The lowest BCUT2D eigenvalue weighted by Crippen LogP contribution is -2.52.